The number of carbonyl (C=O) groups is 6. The Morgan fingerprint density at radius 3 is 2.06 bits per heavy atom. The number of rotatable bonds is 19. The lowest BCUT2D eigenvalue weighted by molar-refractivity contribution is -0.141. The van der Waals surface area contributed by atoms with E-state index >= 15 is 0 Å². The third kappa shape index (κ3) is 12.9. The summed E-state index contributed by atoms with van der Waals surface area (Å²) in [4.78, 5) is 86.3. The molecule has 70 heavy (non-hydrogen) atoms. The van der Waals surface area contributed by atoms with Gasteiger partial charge in [-0.15, -0.1) is 0 Å². The first-order valence-electron chi connectivity index (χ1n) is 23.2. The van der Waals surface area contributed by atoms with Crippen LogP contribution in [0.25, 0.3) is 22.3 Å². The second-order valence-corrected chi connectivity index (χ2v) is 17.6. The highest BCUT2D eigenvalue weighted by molar-refractivity contribution is 6.30. The lowest BCUT2D eigenvalue weighted by atomic mass is 9.93. The highest BCUT2D eigenvalue weighted by atomic mass is 35.5. The summed E-state index contributed by atoms with van der Waals surface area (Å²) in [7, 11) is 1.45. The molecule has 0 spiro atoms. The molecule has 1 aliphatic heterocycles. The summed E-state index contributed by atoms with van der Waals surface area (Å²) < 4.78 is 12.3. The van der Waals surface area contributed by atoms with Crippen molar-refractivity contribution in [1.82, 2.24) is 36.4 Å². The first-order chi connectivity index (χ1) is 33.6. The van der Waals surface area contributed by atoms with Gasteiger partial charge in [0, 0.05) is 48.3 Å². The van der Waals surface area contributed by atoms with Gasteiger partial charge >= 0.3 is 0 Å². The van der Waals surface area contributed by atoms with E-state index in [1.807, 2.05) is 12.1 Å². The third-order valence-electron chi connectivity index (χ3n) is 11.9. The summed E-state index contributed by atoms with van der Waals surface area (Å²) in [5, 5.41) is 18.3. The van der Waals surface area contributed by atoms with Crippen molar-refractivity contribution in [2.24, 2.45) is 17.2 Å². The zero-order valence-corrected chi connectivity index (χ0v) is 40.4. The maximum atomic E-state index is 14.9. The number of carbonyl (C=O) groups excluding carboxylic acids is 6. The van der Waals surface area contributed by atoms with Crippen LogP contribution in [0.15, 0.2) is 91.1 Å². The van der Waals surface area contributed by atoms with E-state index < -0.39 is 65.5 Å². The van der Waals surface area contributed by atoms with E-state index in [-0.39, 0.29) is 44.8 Å². The van der Waals surface area contributed by atoms with Crippen LogP contribution in [0.2, 0.25) is 5.02 Å². The van der Waals surface area contributed by atoms with E-state index in [1.54, 1.807) is 79.7 Å². The summed E-state index contributed by atoms with van der Waals surface area (Å²) in [5.74, 6) is -2.89. The molecule has 370 valence electrons. The fraction of sp³-hybridized carbons (Fsp3) is 0.353. The standard InChI is InChI=1S/C51H61ClN10O8/c1-29-28-56-61-44(29)46(63)30(2)57-49(66)41-26-32-8-18-42(69-23-21-54)38(25-32)39-27-36(15-19-43(39)70-24-22-55)45(50(67)58-31(3)47(64)60-41)62(4)51(68)40(7-5-6-20-53)59-48(65)35-11-9-33(10-12-35)34-13-16-37(52)17-14-34/h8-19,25,27-28,30-31,40-41,45H,5-7,20-24,26,53-55H2,1-4H3,(H,56,61)(H,57,66)(H,58,67)(H,59,65)(H,60,64)/t30-,31-,40-,41-,45-/m0/s1. The van der Waals surface area contributed by atoms with Crippen LogP contribution >= 0.6 is 11.6 Å². The van der Waals surface area contributed by atoms with Gasteiger partial charge in [0.2, 0.25) is 29.4 Å². The number of likely N-dealkylation sites (N-methyl/N-ethyl adjacent to an activating group) is 1. The number of Topliss-reactive ketones (excluding diaryl/α,β-unsaturated/α-hetero) is 1. The average Bonchev–Trinajstić information content (AvgIpc) is 3.79. The lowest BCUT2D eigenvalue weighted by Gasteiger charge is -2.33. The van der Waals surface area contributed by atoms with Gasteiger partial charge in [0.15, 0.2) is 0 Å². The van der Waals surface area contributed by atoms with Gasteiger partial charge < -0.3 is 52.8 Å². The molecule has 1 aromatic heterocycles. The molecule has 0 saturated heterocycles. The van der Waals surface area contributed by atoms with Crippen LogP contribution in [0.5, 0.6) is 11.5 Å². The molecule has 0 unspecified atom stereocenters. The van der Waals surface area contributed by atoms with Crippen molar-refractivity contribution in [2.45, 2.75) is 76.7 Å². The number of hydrogen-bond acceptors (Lipinski definition) is 12. The molecule has 4 bridgehead atoms. The van der Waals surface area contributed by atoms with Gasteiger partial charge in [-0.2, -0.15) is 5.10 Å². The molecule has 0 saturated carbocycles. The highest BCUT2D eigenvalue weighted by Gasteiger charge is 2.36. The molecule has 0 fully saturated rings. The molecule has 5 aromatic rings. The molecule has 6 rings (SSSR count). The topological polar surface area (TPSA) is 279 Å². The Labute approximate surface area is 411 Å². The quantitative estimate of drug-likeness (QED) is 0.0434. The minimum Gasteiger partial charge on any atom is -0.492 e. The maximum absolute atomic E-state index is 14.9. The van der Waals surface area contributed by atoms with Crippen molar-refractivity contribution in [2.75, 3.05) is 39.9 Å². The van der Waals surface area contributed by atoms with E-state index in [4.69, 9.17) is 38.3 Å². The Kier molecular flexibility index (Phi) is 18.2. The van der Waals surface area contributed by atoms with E-state index in [0.717, 1.165) is 11.1 Å². The number of amides is 5. The number of H-pyrrole nitrogens is 1. The Morgan fingerprint density at radius 2 is 1.44 bits per heavy atom. The average molecular weight is 978 g/mol. The van der Waals surface area contributed by atoms with Gasteiger partial charge in [0.25, 0.3) is 5.91 Å². The number of nitrogens with one attached hydrogen (secondary N) is 5. The van der Waals surface area contributed by atoms with Crippen molar-refractivity contribution in [1.29, 1.82) is 0 Å². The summed E-state index contributed by atoms with van der Waals surface area (Å²) in [6, 6.07) is 18.4. The summed E-state index contributed by atoms with van der Waals surface area (Å²) >= 11 is 6.08. The summed E-state index contributed by atoms with van der Waals surface area (Å²) in [5.41, 5.74) is 22.4. The first kappa shape index (κ1) is 52.3. The number of aryl methyl sites for hydroxylation is 1. The Morgan fingerprint density at radius 1 is 0.814 bits per heavy atom. The van der Waals surface area contributed by atoms with E-state index in [0.29, 0.717) is 69.3 Å². The third-order valence-corrected chi connectivity index (χ3v) is 12.2. The normalized spacial score (nSPS) is 16.7. The van der Waals surface area contributed by atoms with Crippen LogP contribution < -0.4 is 47.9 Å². The number of fused-ring (bicyclic) bond motifs is 5. The number of hydrogen-bond donors (Lipinski definition) is 8. The van der Waals surface area contributed by atoms with Crippen LogP contribution in [-0.4, -0.2) is 114 Å². The minimum atomic E-state index is -1.39. The largest absolute Gasteiger partial charge is 0.492 e. The second kappa shape index (κ2) is 24.4. The summed E-state index contributed by atoms with van der Waals surface area (Å²) in [6.07, 6.45) is 2.69. The predicted octanol–water partition coefficient (Wildman–Crippen LogP) is 3.74. The summed E-state index contributed by atoms with van der Waals surface area (Å²) in [6.45, 7) is 5.67. The molecular formula is C51H61ClN10O8. The number of aromatic amines is 1. The monoisotopic (exact) mass is 976 g/mol. The number of nitrogens with two attached hydrogens (primary N) is 3. The van der Waals surface area contributed by atoms with Crippen LogP contribution in [0.4, 0.5) is 0 Å². The fourth-order valence-corrected chi connectivity index (χ4v) is 8.22. The Bertz CT molecular complexity index is 2660. The first-order valence-corrected chi connectivity index (χ1v) is 23.5. The van der Waals surface area contributed by atoms with Crippen molar-refractivity contribution in [3.63, 3.8) is 0 Å². The van der Waals surface area contributed by atoms with Crippen molar-refractivity contribution >= 4 is 46.9 Å². The number of aromatic nitrogens is 2. The Hall–Kier alpha value is -7.12. The maximum Gasteiger partial charge on any atom is 0.251 e. The Balaban J connectivity index is 1.39. The van der Waals surface area contributed by atoms with Crippen LogP contribution in [-0.2, 0) is 25.6 Å². The molecule has 11 N–H and O–H groups in total. The van der Waals surface area contributed by atoms with E-state index in [9.17, 15) is 28.8 Å². The van der Waals surface area contributed by atoms with Crippen molar-refractivity contribution in [3.05, 3.63) is 124 Å². The fourth-order valence-electron chi connectivity index (χ4n) is 8.10. The van der Waals surface area contributed by atoms with Crippen LogP contribution in [0.1, 0.15) is 76.7 Å². The van der Waals surface area contributed by atoms with Gasteiger partial charge in [0.05, 0.1) is 12.2 Å². The smallest absolute Gasteiger partial charge is 0.251 e. The molecule has 4 aromatic carbocycles. The number of ether oxygens (including phenoxy) is 2. The molecule has 19 heteroatoms. The molecule has 5 atom stereocenters. The molecule has 5 amide bonds. The van der Waals surface area contributed by atoms with E-state index in [2.05, 4.69) is 31.5 Å². The van der Waals surface area contributed by atoms with Crippen LogP contribution in [0, 0.1) is 6.92 Å². The highest BCUT2D eigenvalue weighted by Crippen LogP contribution is 2.40. The number of benzene rings is 4. The van der Waals surface area contributed by atoms with Gasteiger partial charge in [-0.1, -0.05) is 48.0 Å². The molecule has 18 nitrogen and oxygen atoms in total. The van der Waals surface area contributed by atoms with Crippen molar-refractivity contribution < 1.29 is 38.2 Å². The van der Waals surface area contributed by atoms with Gasteiger partial charge in [0.1, 0.15) is 54.6 Å². The van der Waals surface area contributed by atoms with Gasteiger partial charge in [-0.05, 0) is 123 Å². The van der Waals surface area contributed by atoms with Crippen molar-refractivity contribution in [3.8, 4) is 33.8 Å². The second-order valence-electron chi connectivity index (χ2n) is 17.1. The van der Waals surface area contributed by atoms with Gasteiger partial charge in [-0.3, -0.25) is 33.9 Å². The van der Waals surface area contributed by atoms with Gasteiger partial charge in [-0.25, -0.2) is 0 Å². The van der Waals surface area contributed by atoms with E-state index in [1.165, 1.54) is 32.0 Å². The molecule has 0 aliphatic carbocycles. The zero-order valence-electron chi connectivity index (χ0n) is 39.7. The minimum absolute atomic E-state index is 0.0469. The SMILES string of the molecule is Cc1cn[nH]c1C(=O)[C@H](C)NC(=O)[C@@H]1Cc2ccc(OCCN)c(c2)-c2cc(ccc2OCCN)[C@H](N(C)C(=O)[C@H](CCCCN)NC(=O)c2ccc(-c3ccc(Cl)cc3)cc2)C(=O)N[C@@H](C)C(=O)N1. The molecule has 0 radical (unpaired) electrons. The number of unbranched alkanes of at least 4 members (excludes halogenated alkanes) is 1. The predicted molar refractivity (Wildman–Crippen MR) is 266 cm³/mol. The number of nitrogens with zero attached hydrogens (tertiary/aromatic N) is 2. The molecule has 2 heterocycles. The zero-order chi connectivity index (χ0) is 50.5. The molecule has 1 aliphatic rings. The number of halogens is 1. The lowest BCUT2D eigenvalue weighted by Crippen LogP contribution is -2.57. The van der Waals surface area contributed by atoms with Crippen LogP contribution in [0.3, 0.4) is 0 Å². The molecular weight excluding hydrogens is 916 g/mol. The number of ketones is 1.